The molecule has 0 heterocycles. The second kappa shape index (κ2) is 8.51. The first-order valence-electron chi connectivity index (χ1n) is 8.71. The SMILES string of the molecule is COc1ccc(OC)c(C(=O)C2CCC2c2ccc(F)c(OOP(=O)(O)O)c2)c1. The average Bonchev–Trinajstić information content (AvgIpc) is 2.66. The van der Waals surface area contributed by atoms with Crippen LogP contribution in [0.15, 0.2) is 36.4 Å². The quantitative estimate of drug-likeness (QED) is 0.285. The van der Waals surface area contributed by atoms with Gasteiger partial charge in [-0.15, -0.1) is 0 Å². The smallest absolute Gasteiger partial charge is 0.497 e. The van der Waals surface area contributed by atoms with Crippen LogP contribution in [0.3, 0.4) is 0 Å². The number of hydrogen-bond acceptors (Lipinski definition) is 6. The fourth-order valence-electron chi connectivity index (χ4n) is 3.32. The van der Waals surface area contributed by atoms with Crippen LogP contribution in [0.4, 0.5) is 4.39 Å². The Morgan fingerprint density at radius 2 is 1.83 bits per heavy atom. The maximum Gasteiger partial charge on any atom is 0.505 e. The van der Waals surface area contributed by atoms with E-state index in [4.69, 9.17) is 19.3 Å². The molecule has 1 aliphatic carbocycles. The van der Waals surface area contributed by atoms with Gasteiger partial charge in [-0.25, -0.2) is 8.96 Å². The van der Waals surface area contributed by atoms with Gasteiger partial charge in [-0.2, -0.15) is 0 Å². The minimum atomic E-state index is -4.94. The van der Waals surface area contributed by atoms with E-state index in [1.807, 2.05) is 0 Å². The number of ether oxygens (including phenoxy) is 2. The van der Waals surface area contributed by atoms with Crippen molar-refractivity contribution in [3.63, 3.8) is 0 Å². The van der Waals surface area contributed by atoms with Gasteiger partial charge in [0.15, 0.2) is 11.6 Å². The Bertz CT molecular complexity index is 957. The van der Waals surface area contributed by atoms with Crippen molar-refractivity contribution in [3.8, 4) is 17.2 Å². The molecule has 1 saturated carbocycles. The summed E-state index contributed by atoms with van der Waals surface area (Å²) in [6.07, 6.45) is 1.32. The zero-order valence-corrected chi connectivity index (χ0v) is 16.6. The Labute approximate surface area is 166 Å². The van der Waals surface area contributed by atoms with Gasteiger partial charge in [0.1, 0.15) is 11.5 Å². The maximum absolute atomic E-state index is 13.9. The van der Waals surface area contributed by atoms with E-state index in [9.17, 15) is 13.8 Å². The van der Waals surface area contributed by atoms with Crippen LogP contribution in [0.25, 0.3) is 0 Å². The van der Waals surface area contributed by atoms with Crippen molar-refractivity contribution < 1.29 is 42.6 Å². The molecular weight excluding hydrogens is 406 g/mol. The van der Waals surface area contributed by atoms with Gasteiger partial charge in [0, 0.05) is 5.92 Å². The predicted octanol–water partition coefficient (Wildman–Crippen LogP) is 3.62. The zero-order valence-electron chi connectivity index (χ0n) is 15.7. The highest BCUT2D eigenvalue weighted by Crippen LogP contribution is 2.46. The lowest BCUT2D eigenvalue weighted by Crippen LogP contribution is -2.31. The molecule has 8 nitrogen and oxygen atoms in total. The van der Waals surface area contributed by atoms with Gasteiger partial charge in [0.05, 0.1) is 19.8 Å². The van der Waals surface area contributed by atoms with Gasteiger partial charge in [-0.05, 0) is 54.7 Å². The number of methoxy groups -OCH3 is 2. The van der Waals surface area contributed by atoms with E-state index < -0.39 is 19.4 Å². The molecule has 0 bridgehead atoms. The molecule has 0 amide bonds. The summed E-state index contributed by atoms with van der Waals surface area (Å²) in [5, 5.41) is 0. The molecular formula is C19H20FO8P. The van der Waals surface area contributed by atoms with Crippen molar-refractivity contribution in [3.05, 3.63) is 53.3 Å². The summed E-state index contributed by atoms with van der Waals surface area (Å²) in [5.41, 5.74) is 0.993. The Morgan fingerprint density at radius 3 is 2.41 bits per heavy atom. The molecule has 2 atom stereocenters. The summed E-state index contributed by atoms with van der Waals surface area (Å²) < 4.78 is 39.0. The molecule has 29 heavy (non-hydrogen) atoms. The van der Waals surface area contributed by atoms with Crippen LogP contribution in [0.5, 0.6) is 17.2 Å². The zero-order chi connectivity index (χ0) is 21.2. The van der Waals surface area contributed by atoms with Crippen LogP contribution in [0, 0.1) is 11.7 Å². The van der Waals surface area contributed by atoms with Gasteiger partial charge in [-0.3, -0.25) is 4.79 Å². The van der Waals surface area contributed by atoms with Crippen molar-refractivity contribution in [1.82, 2.24) is 0 Å². The fourth-order valence-corrected chi connectivity index (χ4v) is 3.50. The van der Waals surface area contributed by atoms with Crippen LogP contribution in [-0.4, -0.2) is 29.8 Å². The normalized spacial score (nSPS) is 18.7. The molecule has 0 spiro atoms. The minimum absolute atomic E-state index is 0.129. The fraction of sp³-hybridized carbons (Fsp3) is 0.316. The van der Waals surface area contributed by atoms with Gasteiger partial charge in [0.25, 0.3) is 0 Å². The van der Waals surface area contributed by atoms with Crippen LogP contribution >= 0.6 is 7.82 Å². The first-order chi connectivity index (χ1) is 13.7. The number of benzene rings is 2. The van der Waals surface area contributed by atoms with E-state index in [-0.39, 0.29) is 17.6 Å². The summed E-state index contributed by atoms with van der Waals surface area (Å²) in [5.74, 6) is -1.07. The first kappa shape index (κ1) is 21.3. The summed E-state index contributed by atoms with van der Waals surface area (Å²) in [6, 6.07) is 8.84. The van der Waals surface area contributed by atoms with Crippen molar-refractivity contribution >= 4 is 13.6 Å². The van der Waals surface area contributed by atoms with E-state index >= 15 is 0 Å². The molecule has 0 saturated heterocycles. The molecule has 2 aromatic rings. The third-order valence-corrected chi connectivity index (χ3v) is 5.16. The molecule has 2 unspecified atom stereocenters. The first-order valence-corrected chi connectivity index (χ1v) is 10.2. The van der Waals surface area contributed by atoms with Crippen LogP contribution in [-0.2, 0) is 9.24 Å². The summed E-state index contributed by atoms with van der Waals surface area (Å²) in [4.78, 5) is 35.0. The van der Waals surface area contributed by atoms with Crippen LogP contribution in [0.1, 0.15) is 34.7 Å². The largest absolute Gasteiger partial charge is 0.505 e. The van der Waals surface area contributed by atoms with Crippen LogP contribution < -0.4 is 14.4 Å². The van der Waals surface area contributed by atoms with Gasteiger partial charge >= 0.3 is 7.82 Å². The Balaban J connectivity index is 1.83. The van der Waals surface area contributed by atoms with E-state index in [1.54, 1.807) is 18.2 Å². The number of halogens is 1. The van der Waals surface area contributed by atoms with Crippen molar-refractivity contribution in [2.45, 2.75) is 18.8 Å². The number of ketones is 1. The van der Waals surface area contributed by atoms with E-state index in [0.29, 0.717) is 35.5 Å². The molecule has 2 aromatic carbocycles. The lowest BCUT2D eigenvalue weighted by Gasteiger charge is -2.36. The second-order valence-corrected chi connectivity index (χ2v) is 7.69. The highest BCUT2D eigenvalue weighted by molar-refractivity contribution is 7.46. The topological polar surface area (TPSA) is 112 Å². The number of rotatable bonds is 8. The third-order valence-electron chi connectivity index (χ3n) is 4.89. The molecule has 10 heteroatoms. The van der Waals surface area contributed by atoms with Gasteiger partial charge in [0.2, 0.25) is 5.75 Å². The van der Waals surface area contributed by atoms with Crippen molar-refractivity contribution in [2.24, 2.45) is 5.92 Å². The maximum atomic E-state index is 13.9. The molecule has 0 radical (unpaired) electrons. The monoisotopic (exact) mass is 426 g/mol. The Kier molecular flexibility index (Phi) is 6.24. The summed E-state index contributed by atoms with van der Waals surface area (Å²) >= 11 is 0. The lowest BCUT2D eigenvalue weighted by molar-refractivity contribution is -0.125. The van der Waals surface area contributed by atoms with Gasteiger partial charge in [-0.1, -0.05) is 10.7 Å². The highest BCUT2D eigenvalue weighted by atomic mass is 31.2. The van der Waals surface area contributed by atoms with Crippen molar-refractivity contribution in [2.75, 3.05) is 14.2 Å². The Morgan fingerprint density at radius 1 is 1.07 bits per heavy atom. The molecule has 156 valence electrons. The Hall–Kier alpha value is -2.45. The van der Waals surface area contributed by atoms with E-state index in [2.05, 4.69) is 9.56 Å². The number of phosphoric acid groups is 1. The summed E-state index contributed by atoms with van der Waals surface area (Å²) in [7, 11) is -1.96. The molecule has 1 fully saturated rings. The van der Waals surface area contributed by atoms with E-state index in [0.717, 1.165) is 6.07 Å². The third kappa shape index (κ3) is 4.76. The molecule has 0 aromatic heterocycles. The lowest BCUT2D eigenvalue weighted by atomic mass is 9.67. The minimum Gasteiger partial charge on any atom is -0.497 e. The summed E-state index contributed by atoms with van der Waals surface area (Å²) in [6.45, 7) is 0. The second-order valence-electron chi connectivity index (χ2n) is 6.56. The highest BCUT2D eigenvalue weighted by Gasteiger charge is 2.39. The molecule has 2 N–H and O–H groups in total. The molecule has 0 aliphatic heterocycles. The van der Waals surface area contributed by atoms with Crippen molar-refractivity contribution in [1.29, 1.82) is 0 Å². The number of hydrogen-bond donors (Lipinski definition) is 2. The average molecular weight is 426 g/mol. The van der Waals surface area contributed by atoms with Crippen LogP contribution in [0.2, 0.25) is 0 Å². The predicted molar refractivity (Wildman–Crippen MR) is 99.5 cm³/mol. The molecule has 1 aliphatic rings. The number of carbonyl (C=O) groups is 1. The van der Waals surface area contributed by atoms with Gasteiger partial charge < -0.3 is 24.1 Å². The number of carbonyl (C=O) groups excluding carboxylic acids is 1. The number of Topliss-reactive ketones (excluding diaryl/α,β-unsaturated/α-hetero) is 1. The molecule has 3 rings (SSSR count). The van der Waals surface area contributed by atoms with E-state index in [1.165, 1.54) is 26.4 Å². The standard InChI is InChI=1S/C19H20FO8P/c1-25-12-4-8-17(26-2)15(10-12)19(21)14-6-5-13(14)11-3-7-16(20)18(9-11)27-28-29(22,23)24/h3-4,7-10,13-14H,5-6H2,1-2H3,(H2,22,23,24).